The van der Waals surface area contributed by atoms with Crippen molar-refractivity contribution in [3.63, 3.8) is 0 Å². The minimum atomic E-state index is -4.17. The van der Waals surface area contributed by atoms with Gasteiger partial charge < -0.3 is 5.21 Å². The van der Waals surface area contributed by atoms with E-state index in [2.05, 4.69) is 11.0 Å². The van der Waals surface area contributed by atoms with Crippen molar-refractivity contribution in [2.45, 2.75) is 0 Å². The van der Waals surface area contributed by atoms with Crippen molar-refractivity contribution in [1.82, 2.24) is 0 Å². The molecule has 0 aliphatic heterocycles. The van der Waals surface area contributed by atoms with Gasteiger partial charge in [0.15, 0.2) is 0 Å². The Bertz CT molecular complexity index is 92.9. The van der Waals surface area contributed by atoms with Gasteiger partial charge in [0.1, 0.15) is 0 Å². The SMILES string of the molecule is NO.NS(=O)(=O)O. The van der Waals surface area contributed by atoms with Gasteiger partial charge in [-0.05, 0) is 0 Å². The van der Waals surface area contributed by atoms with Gasteiger partial charge in [0, 0.05) is 0 Å². The van der Waals surface area contributed by atoms with Crippen LogP contribution in [0.1, 0.15) is 0 Å². The smallest absolute Gasteiger partial charge is 0.320 e. The van der Waals surface area contributed by atoms with Crippen molar-refractivity contribution in [2.75, 3.05) is 0 Å². The Hall–Kier alpha value is -0.210. The molecule has 7 heteroatoms. The highest BCUT2D eigenvalue weighted by molar-refractivity contribution is 7.83. The van der Waals surface area contributed by atoms with Gasteiger partial charge in [0.2, 0.25) is 0 Å². The highest BCUT2D eigenvalue weighted by atomic mass is 32.2. The number of nitrogens with two attached hydrogens (primary N) is 2. The standard InChI is InChI=1S/H3NO3S.H3NO/c1-5(2,3)4;1-2/h(H3,1,2,3,4);2H,1H2. The van der Waals surface area contributed by atoms with Crippen molar-refractivity contribution in [1.29, 1.82) is 0 Å². The highest BCUT2D eigenvalue weighted by Gasteiger charge is 1.81. The van der Waals surface area contributed by atoms with Crippen LogP contribution in [0.5, 0.6) is 0 Å². The second-order valence-corrected chi connectivity index (χ2v) is 1.54. The molecule has 0 saturated heterocycles. The van der Waals surface area contributed by atoms with Gasteiger partial charge in [-0.2, -0.15) is 8.42 Å². The number of hydrogen-bond donors (Lipinski definition) is 4. The molecule has 0 unspecified atom stereocenters. The van der Waals surface area contributed by atoms with Gasteiger partial charge in [-0.15, -0.1) is 0 Å². The maximum Gasteiger partial charge on any atom is 0.330 e. The summed E-state index contributed by atoms with van der Waals surface area (Å²) in [7, 11) is -4.17. The first-order valence-corrected chi connectivity index (χ1v) is 2.51. The fourth-order valence-electron chi connectivity index (χ4n) is 0. The van der Waals surface area contributed by atoms with Crippen molar-refractivity contribution in [3.05, 3.63) is 0 Å². The molecule has 0 radical (unpaired) electrons. The fourth-order valence-corrected chi connectivity index (χ4v) is 0. The summed E-state index contributed by atoms with van der Waals surface area (Å²) in [5.41, 5.74) is 0. The summed E-state index contributed by atoms with van der Waals surface area (Å²) in [5, 5.41) is 10.4. The lowest BCUT2D eigenvalue weighted by atomic mass is 13.6. The Morgan fingerprint density at radius 3 is 1.29 bits per heavy atom. The highest BCUT2D eigenvalue weighted by Crippen LogP contribution is 1.50. The van der Waals surface area contributed by atoms with E-state index in [9.17, 15) is 0 Å². The van der Waals surface area contributed by atoms with Crippen molar-refractivity contribution in [3.8, 4) is 0 Å². The quantitative estimate of drug-likeness (QED) is 0.224. The van der Waals surface area contributed by atoms with Gasteiger partial charge in [0.05, 0.1) is 0 Å². The van der Waals surface area contributed by atoms with Crippen LogP contribution < -0.4 is 11.0 Å². The first kappa shape index (κ1) is 9.92. The average molecular weight is 130 g/mol. The molecule has 0 bridgehead atoms. The van der Waals surface area contributed by atoms with Crippen LogP contribution in [0.15, 0.2) is 0 Å². The zero-order valence-corrected chi connectivity index (χ0v) is 4.09. The number of hydrogen-bond acceptors (Lipinski definition) is 4. The maximum atomic E-state index is 8.97. The third-order valence-corrected chi connectivity index (χ3v) is 0. The minimum Gasteiger partial charge on any atom is -0.320 e. The summed E-state index contributed by atoms with van der Waals surface area (Å²) in [6.07, 6.45) is 0. The van der Waals surface area contributed by atoms with Crippen LogP contribution in [0.25, 0.3) is 0 Å². The molecule has 0 fully saturated rings. The lowest BCUT2D eigenvalue weighted by Crippen LogP contribution is -2.08. The Kier molecular flexibility index (Phi) is 5.62. The summed E-state index contributed by atoms with van der Waals surface area (Å²) in [4.78, 5) is 0. The predicted molar refractivity (Wildman–Crippen MR) is 21.7 cm³/mol. The summed E-state index contributed by atoms with van der Waals surface area (Å²) in [6, 6.07) is 0. The molecule has 0 saturated carbocycles. The molecular weight excluding hydrogens is 124 g/mol. The molecule has 7 heavy (non-hydrogen) atoms. The Morgan fingerprint density at radius 1 is 1.29 bits per heavy atom. The largest absolute Gasteiger partial charge is 0.330 e. The van der Waals surface area contributed by atoms with Crippen LogP contribution in [0.3, 0.4) is 0 Å². The lowest BCUT2D eigenvalue weighted by molar-refractivity contribution is 0.311. The molecular formula is H6N2O4S. The first-order valence-electron chi connectivity index (χ1n) is 1.01. The Labute approximate surface area is 40.6 Å². The van der Waals surface area contributed by atoms with E-state index in [0.717, 1.165) is 0 Å². The summed E-state index contributed by atoms with van der Waals surface area (Å²) in [5.74, 6) is 3.50. The molecule has 0 rings (SSSR count). The van der Waals surface area contributed by atoms with Gasteiger partial charge >= 0.3 is 10.3 Å². The molecule has 0 spiro atoms. The summed E-state index contributed by atoms with van der Waals surface area (Å²) in [6.45, 7) is 0. The van der Waals surface area contributed by atoms with Crippen LogP contribution >= 0.6 is 0 Å². The van der Waals surface area contributed by atoms with E-state index in [1.807, 2.05) is 0 Å². The van der Waals surface area contributed by atoms with Gasteiger partial charge in [-0.25, -0.2) is 11.0 Å². The normalized spacial score (nSPS) is 9.14. The molecule has 0 heterocycles. The van der Waals surface area contributed by atoms with Crippen LogP contribution in [-0.2, 0) is 10.3 Å². The molecule has 0 atom stereocenters. The summed E-state index contributed by atoms with van der Waals surface area (Å²) < 4.78 is 25.2. The summed E-state index contributed by atoms with van der Waals surface area (Å²) >= 11 is 0. The first-order chi connectivity index (χ1) is 3.00. The molecule has 0 aromatic heterocycles. The molecule has 0 aromatic carbocycles. The fraction of sp³-hybridized carbons (Fsp3) is 0. The number of rotatable bonds is 0. The molecule has 0 aliphatic rings. The molecule has 6 N–H and O–H groups in total. The molecule has 0 amide bonds. The predicted octanol–water partition coefficient (Wildman–Crippen LogP) is -1.92. The van der Waals surface area contributed by atoms with E-state index in [0.29, 0.717) is 0 Å². The monoisotopic (exact) mass is 130 g/mol. The van der Waals surface area contributed by atoms with E-state index >= 15 is 0 Å². The van der Waals surface area contributed by atoms with Gasteiger partial charge in [0.25, 0.3) is 0 Å². The van der Waals surface area contributed by atoms with E-state index in [4.69, 9.17) is 18.2 Å². The molecule has 46 valence electrons. The van der Waals surface area contributed by atoms with Crippen LogP contribution in [0.4, 0.5) is 0 Å². The van der Waals surface area contributed by atoms with Crippen LogP contribution in [0.2, 0.25) is 0 Å². The zero-order chi connectivity index (χ0) is 6.50. The Balaban J connectivity index is 0. The van der Waals surface area contributed by atoms with Crippen LogP contribution in [0, 0.1) is 0 Å². The molecule has 0 aromatic rings. The molecule has 6 nitrogen and oxygen atoms in total. The van der Waals surface area contributed by atoms with Crippen molar-refractivity contribution in [2.24, 2.45) is 11.0 Å². The van der Waals surface area contributed by atoms with E-state index < -0.39 is 10.3 Å². The third-order valence-electron chi connectivity index (χ3n) is 0. The van der Waals surface area contributed by atoms with Crippen molar-refractivity contribution >= 4 is 10.3 Å². The van der Waals surface area contributed by atoms with Crippen molar-refractivity contribution < 1.29 is 18.2 Å². The maximum absolute atomic E-state index is 8.97. The van der Waals surface area contributed by atoms with E-state index in [-0.39, 0.29) is 0 Å². The minimum absolute atomic E-state index is 3.50. The van der Waals surface area contributed by atoms with Gasteiger partial charge in [-0.1, -0.05) is 0 Å². The van der Waals surface area contributed by atoms with E-state index in [1.54, 1.807) is 0 Å². The molecule has 0 aliphatic carbocycles. The second kappa shape index (κ2) is 3.96. The lowest BCUT2D eigenvalue weighted by Gasteiger charge is -1.70. The van der Waals surface area contributed by atoms with E-state index in [1.165, 1.54) is 0 Å². The van der Waals surface area contributed by atoms with Gasteiger partial charge in [-0.3, -0.25) is 4.55 Å². The van der Waals surface area contributed by atoms with Crippen LogP contribution in [-0.4, -0.2) is 18.2 Å². The average Bonchev–Trinajstić information content (AvgIpc) is 1.36. The Morgan fingerprint density at radius 2 is 1.29 bits per heavy atom. The zero-order valence-electron chi connectivity index (χ0n) is 3.27. The topological polar surface area (TPSA) is 127 Å². The third kappa shape index (κ3) is 1890. The second-order valence-electron chi connectivity index (χ2n) is 0.515.